The van der Waals surface area contributed by atoms with Gasteiger partial charge < -0.3 is 10.1 Å². The highest BCUT2D eigenvalue weighted by atomic mass is 16.5. The number of nitrogens with one attached hydrogen (secondary N) is 1. The summed E-state index contributed by atoms with van der Waals surface area (Å²) in [7, 11) is 0. The zero-order valence-electron chi connectivity index (χ0n) is 14.3. The SMILES string of the molecule is C[C@@H](Oc1ccc2c(c1)CCCC2)C(=O)NCC1CCCCC1. The topological polar surface area (TPSA) is 38.3 Å². The van der Waals surface area contributed by atoms with Crippen LogP contribution in [0.1, 0.15) is 63.0 Å². The molecular weight excluding hydrogens is 286 g/mol. The minimum Gasteiger partial charge on any atom is -0.481 e. The van der Waals surface area contributed by atoms with Gasteiger partial charge in [-0.05, 0) is 74.6 Å². The number of aryl methyl sites for hydroxylation is 2. The Morgan fingerprint density at radius 3 is 2.65 bits per heavy atom. The van der Waals surface area contributed by atoms with Crippen LogP contribution in [0.2, 0.25) is 0 Å². The number of hydrogen-bond acceptors (Lipinski definition) is 2. The van der Waals surface area contributed by atoms with Crippen molar-refractivity contribution in [2.45, 2.75) is 70.8 Å². The standard InChI is InChI=1S/C20H29NO2/c1-15(20(22)21-14-16-7-3-2-4-8-16)23-19-12-11-17-9-5-6-10-18(17)13-19/h11-13,15-16H,2-10,14H2,1H3,(H,21,22)/t15-/m1/s1. The third-order valence-electron chi connectivity index (χ3n) is 5.29. The fraction of sp³-hybridized carbons (Fsp3) is 0.650. The van der Waals surface area contributed by atoms with Crippen molar-refractivity contribution < 1.29 is 9.53 Å². The summed E-state index contributed by atoms with van der Waals surface area (Å²) in [5.41, 5.74) is 2.83. The first kappa shape index (κ1) is 16.4. The molecular formula is C20H29NO2. The summed E-state index contributed by atoms with van der Waals surface area (Å²) < 4.78 is 5.87. The quantitative estimate of drug-likeness (QED) is 0.891. The summed E-state index contributed by atoms with van der Waals surface area (Å²) in [4.78, 5) is 12.2. The van der Waals surface area contributed by atoms with Crippen LogP contribution in [0.25, 0.3) is 0 Å². The molecule has 2 aliphatic carbocycles. The molecule has 0 saturated heterocycles. The van der Waals surface area contributed by atoms with Gasteiger partial charge >= 0.3 is 0 Å². The molecule has 1 saturated carbocycles. The van der Waals surface area contributed by atoms with Gasteiger partial charge in [-0.15, -0.1) is 0 Å². The van der Waals surface area contributed by atoms with Crippen LogP contribution in [0.5, 0.6) is 5.75 Å². The molecule has 0 aliphatic heterocycles. The van der Waals surface area contributed by atoms with Crippen LogP contribution in [0.15, 0.2) is 18.2 Å². The Morgan fingerprint density at radius 2 is 1.87 bits per heavy atom. The van der Waals surface area contributed by atoms with E-state index in [2.05, 4.69) is 17.4 Å². The number of carbonyl (C=O) groups excluding carboxylic acids is 1. The van der Waals surface area contributed by atoms with Gasteiger partial charge in [0.1, 0.15) is 5.75 Å². The van der Waals surface area contributed by atoms with Crippen LogP contribution >= 0.6 is 0 Å². The van der Waals surface area contributed by atoms with E-state index in [0.717, 1.165) is 18.7 Å². The number of ether oxygens (including phenoxy) is 1. The minimum atomic E-state index is -0.430. The van der Waals surface area contributed by atoms with Crippen LogP contribution in [0, 0.1) is 5.92 Å². The number of carbonyl (C=O) groups is 1. The van der Waals surface area contributed by atoms with Gasteiger partial charge in [-0.2, -0.15) is 0 Å². The largest absolute Gasteiger partial charge is 0.481 e. The Kier molecular flexibility index (Phi) is 5.58. The lowest BCUT2D eigenvalue weighted by Crippen LogP contribution is -2.39. The van der Waals surface area contributed by atoms with E-state index in [-0.39, 0.29) is 5.91 Å². The molecule has 126 valence electrons. The maximum atomic E-state index is 12.2. The Hall–Kier alpha value is -1.51. The summed E-state index contributed by atoms with van der Waals surface area (Å²) in [6.45, 7) is 2.65. The lowest BCUT2D eigenvalue weighted by Gasteiger charge is -2.23. The molecule has 0 unspecified atom stereocenters. The third kappa shape index (κ3) is 4.49. The molecule has 1 amide bonds. The molecule has 1 atom stereocenters. The third-order valence-corrected chi connectivity index (χ3v) is 5.29. The highest BCUT2D eigenvalue weighted by Crippen LogP contribution is 2.26. The van der Waals surface area contributed by atoms with Crippen LogP contribution in [-0.4, -0.2) is 18.6 Å². The van der Waals surface area contributed by atoms with E-state index >= 15 is 0 Å². The minimum absolute atomic E-state index is 0.00768. The van der Waals surface area contributed by atoms with Crippen molar-refractivity contribution in [3.8, 4) is 5.75 Å². The predicted octanol–water partition coefficient (Wildman–Crippen LogP) is 4.03. The van der Waals surface area contributed by atoms with Crippen LogP contribution in [0.4, 0.5) is 0 Å². The van der Waals surface area contributed by atoms with E-state index in [0.29, 0.717) is 5.92 Å². The Balaban J connectivity index is 1.49. The fourth-order valence-corrected chi connectivity index (χ4v) is 3.82. The van der Waals surface area contributed by atoms with Crippen LogP contribution < -0.4 is 10.1 Å². The Bertz CT molecular complexity index is 534. The maximum absolute atomic E-state index is 12.2. The first-order chi connectivity index (χ1) is 11.2. The van der Waals surface area contributed by atoms with E-state index in [4.69, 9.17) is 4.74 Å². The summed E-state index contributed by atoms with van der Waals surface area (Å²) in [5.74, 6) is 1.49. The van der Waals surface area contributed by atoms with Gasteiger partial charge in [-0.1, -0.05) is 25.3 Å². The molecule has 1 N–H and O–H groups in total. The zero-order valence-corrected chi connectivity index (χ0v) is 14.3. The van der Waals surface area contributed by atoms with Gasteiger partial charge in [0, 0.05) is 6.54 Å². The number of benzene rings is 1. The molecule has 1 aromatic carbocycles. The smallest absolute Gasteiger partial charge is 0.260 e. The molecule has 0 spiro atoms. The molecule has 2 aliphatic rings. The van der Waals surface area contributed by atoms with Crippen molar-refractivity contribution in [2.24, 2.45) is 5.92 Å². The molecule has 1 fully saturated rings. The van der Waals surface area contributed by atoms with Crippen molar-refractivity contribution in [1.82, 2.24) is 5.32 Å². The van der Waals surface area contributed by atoms with E-state index in [1.807, 2.05) is 13.0 Å². The molecule has 1 aromatic rings. The zero-order chi connectivity index (χ0) is 16.1. The summed E-state index contributed by atoms with van der Waals surface area (Å²) in [5, 5.41) is 3.07. The van der Waals surface area contributed by atoms with Gasteiger partial charge in [0.25, 0.3) is 5.91 Å². The molecule has 0 heterocycles. The first-order valence-corrected chi connectivity index (χ1v) is 9.28. The molecule has 0 aromatic heterocycles. The van der Waals surface area contributed by atoms with Gasteiger partial charge in [0.15, 0.2) is 6.10 Å². The van der Waals surface area contributed by atoms with E-state index < -0.39 is 6.10 Å². The Labute approximate surface area is 139 Å². The average Bonchev–Trinajstić information content (AvgIpc) is 2.60. The molecule has 3 heteroatoms. The van der Waals surface area contributed by atoms with Crippen molar-refractivity contribution >= 4 is 5.91 Å². The second kappa shape index (κ2) is 7.85. The van der Waals surface area contributed by atoms with Crippen molar-refractivity contribution in [1.29, 1.82) is 0 Å². The predicted molar refractivity (Wildman–Crippen MR) is 92.8 cm³/mol. The molecule has 23 heavy (non-hydrogen) atoms. The highest BCUT2D eigenvalue weighted by molar-refractivity contribution is 5.80. The lowest BCUT2D eigenvalue weighted by atomic mass is 9.89. The van der Waals surface area contributed by atoms with E-state index in [1.165, 1.54) is 62.5 Å². The van der Waals surface area contributed by atoms with Crippen molar-refractivity contribution in [3.63, 3.8) is 0 Å². The van der Waals surface area contributed by atoms with E-state index in [9.17, 15) is 4.79 Å². The normalized spacial score (nSPS) is 19.7. The van der Waals surface area contributed by atoms with Gasteiger partial charge in [-0.3, -0.25) is 4.79 Å². The summed E-state index contributed by atoms with van der Waals surface area (Å²) in [6, 6.07) is 6.30. The summed E-state index contributed by atoms with van der Waals surface area (Å²) in [6.07, 6.45) is 10.9. The number of fused-ring (bicyclic) bond motifs is 1. The van der Waals surface area contributed by atoms with Crippen LogP contribution in [0.3, 0.4) is 0 Å². The van der Waals surface area contributed by atoms with Crippen molar-refractivity contribution in [3.05, 3.63) is 29.3 Å². The van der Waals surface area contributed by atoms with Crippen LogP contribution in [-0.2, 0) is 17.6 Å². The van der Waals surface area contributed by atoms with Gasteiger partial charge in [-0.25, -0.2) is 0 Å². The van der Waals surface area contributed by atoms with Crippen molar-refractivity contribution in [2.75, 3.05) is 6.54 Å². The monoisotopic (exact) mass is 315 g/mol. The van der Waals surface area contributed by atoms with Gasteiger partial charge in [0.2, 0.25) is 0 Å². The molecule has 0 bridgehead atoms. The first-order valence-electron chi connectivity index (χ1n) is 9.28. The second-order valence-corrected chi connectivity index (χ2v) is 7.15. The molecule has 3 rings (SSSR count). The van der Waals surface area contributed by atoms with E-state index in [1.54, 1.807) is 0 Å². The summed E-state index contributed by atoms with van der Waals surface area (Å²) >= 11 is 0. The number of amides is 1. The maximum Gasteiger partial charge on any atom is 0.260 e. The second-order valence-electron chi connectivity index (χ2n) is 7.15. The molecule has 0 radical (unpaired) electrons. The Morgan fingerprint density at radius 1 is 1.13 bits per heavy atom. The number of rotatable bonds is 5. The van der Waals surface area contributed by atoms with Gasteiger partial charge in [0.05, 0.1) is 0 Å². The lowest BCUT2D eigenvalue weighted by molar-refractivity contribution is -0.127. The highest BCUT2D eigenvalue weighted by Gasteiger charge is 2.19. The number of hydrogen-bond donors (Lipinski definition) is 1. The fourth-order valence-electron chi connectivity index (χ4n) is 3.82. The molecule has 3 nitrogen and oxygen atoms in total. The average molecular weight is 315 g/mol.